The van der Waals surface area contributed by atoms with Crippen molar-refractivity contribution in [1.29, 1.82) is 0 Å². The Morgan fingerprint density at radius 1 is 1.40 bits per heavy atom. The lowest BCUT2D eigenvalue weighted by Crippen LogP contribution is -2.47. The van der Waals surface area contributed by atoms with Crippen molar-refractivity contribution in [1.82, 2.24) is 9.88 Å². The van der Waals surface area contributed by atoms with Gasteiger partial charge in [-0.3, -0.25) is 4.79 Å². The molecule has 0 aromatic carbocycles. The molecule has 0 N–H and O–H groups in total. The van der Waals surface area contributed by atoms with E-state index < -0.39 is 5.97 Å². The lowest BCUT2D eigenvalue weighted by molar-refractivity contribution is 0.0504. The molecule has 6 heteroatoms. The Morgan fingerprint density at radius 2 is 2.05 bits per heavy atom. The van der Waals surface area contributed by atoms with E-state index in [0.717, 1.165) is 30.6 Å². The van der Waals surface area contributed by atoms with Gasteiger partial charge in [0.1, 0.15) is 5.69 Å². The molecule has 5 nitrogen and oxygen atoms in total. The van der Waals surface area contributed by atoms with Crippen LogP contribution in [0, 0.1) is 0 Å². The van der Waals surface area contributed by atoms with E-state index in [1.54, 1.807) is 12.3 Å². The van der Waals surface area contributed by atoms with Crippen molar-refractivity contribution in [3.63, 3.8) is 0 Å². The molecule has 1 saturated heterocycles. The van der Waals surface area contributed by atoms with Gasteiger partial charge in [-0.15, -0.1) is 11.3 Å². The summed E-state index contributed by atoms with van der Waals surface area (Å²) in [6.07, 6.45) is 3.19. The predicted molar refractivity (Wildman–Crippen MR) is 77.0 cm³/mol. The molecule has 0 saturated carbocycles. The van der Waals surface area contributed by atoms with Crippen LogP contribution in [-0.4, -0.2) is 40.5 Å². The van der Waals surface area contributed by atoms with Crippen molar-refractivity contribution in [2.75, 3.05) is 6.61 Å². The van der Waals surface area contributed by atoms with Gasteiger partial charge in [0.15, 0.2) is 0 Å². The van der Waals surface area contributed by atoms with E-state index in [4.69, 9.17) is 4.74 Å². The summed E-state index contributed by atoms with van der Waals surface area (Å²) < 4.78 is 4.89. The Morgan fingerprint density at radius 3 is 2.65 bits per heavy atom. The van der Waals surface area contributed by atoms with Crippen LogP contribution < -0.4 is 0 Å². The van der Waals surface area contributed by atoms with Gasteiger partial charge in [0, 0.05) is 17.5 Å². The minimum absolute atomic E-state index is 0.0866. The zero-order valence-corrected chi connectivity index (χ0v) is 12.9. The van der Waals surface area contributed by atoms with Gasteiger partial charge in [-0.2, -0.15) is 0 Å². The first kappa shape index (κ1) is 15.0. The normalized spacial score (nSPS) is 22.6. The fraction of sp³-hybridized carbons (Fsp3) is 0.643. The second-order valence-electron chi connectivity index (χ2n) is 5.10. The largest absolute Gasteiger partial charge is 0.461 e. The maximum atomic E-state index is 12.5. The number of carbonyl (C=O) groups excluding carboxylic acids is 2. The Hall–Kier alpha value is -1.43. The van der Waals surface area contributed by atoms with E-state index in [9.17, 15) is 9.59 Å². The Kier molecular flexibility index (Phi) is 4.75. The highest BCUT2D eigenvalue weighted by atomic mass is 32.1. The molecule has 1 aromatic heterocycles. The number of rotatable bonds is 3. The number of hydrogen-bond donors (Lipinski definition) is 0. The molecule has 1 amide bonds. The smallest absolute Gasteiger partial charge is 0.367 e. The molecule has 20 heavy (non-hydrogen) atoms. The average Bonchev–Trinajstić information content (AvgIpc) is 2.88. The van der Waals surface area contributed by atoms with E-state index in [1.165, 1.54) is 0 Å². The fourth-order valence-electron chi connectivity index (χ4n) is 2.61. The first-order valence-electron chi connectivity index (χ1n) is 7.00. The lowest BCUT2D eigenvalue weighted by atomic mass is 9.97. The van der Waals surface area contributed by atoms with Crippen LogP contribution in [0.15, 0.2) is 5.38 Å². The first-order valence-corrected chi connectivity index (χ1v) is 7.87. The van der Waals surface area contributed by atoms with E-state index in [0.29, 0.717) is 12.3 Å². The number of thiazole rings is 1. The number of amides is 1. The molecule has 2 unspecified atom stereocenters. The number of piperidine rings is 1. The molecule has 2 atom stereocenters. The number of nitrogens with zero attached hydrogens (tertiary/aromatic N) is 2. The summed E-state index contributed by atoms with van der Waals surface area (Å²) in [5, 5.41) is 1.88. The van der Waals surface area contributed by atoms with Gasteiger partial charge >= 0.3 is 5.97 Å². The van der Waals surface area contributed by atoms with E-state index >= 15 is 0 Å². The summed E-state index contributed by atoms with van der Waals surface area (Å²) >= 11 is 1.16. The highest BCUT2D eigenvalue weighted by molar-refractivity contribution is 7.11. The molecular formula is C14H20N2O3S. The van der Waals surface area contributed by atoms with Gasteiger partial charge in [0.05, 0.1) is 6.61 Å². The molecule has 1 fully saturated rings. The van der Waals surface area contributed by atoms with Gasteiger partial charge in [-0.05, 0) is 40.0 Å². The maximum absolute atomic E-state index is 12.5. The average molecular weight is 296 g/mol. The Balaban J connectivity index is 2.14. The van der Waals surface area contributed by atoms with Crippen molar-refractivity contribution in [2.45, 2.75) is 52.1 Å². The monoisotopic (exact) mass is 296 g/mol. The van der Waals surface area contributed by atoms with Gasteiger partial charge in [0.25, 0.3) is 5.91 Å². The summed E-state index contributed by atoms with van der Waals surface area (Å²) in [6.45, 7) is 6.18. The van der Waals surface area contributed by atoms with Gasteiger partial charge in [0.2, 0.25) is 5.01 Å². The van der Waals surface area contributed by atoms with Crippen molar-refractivity contribution in [3.8, 4) is 0 Å². The highest BCUT2D eigenvalue weighted by Crippen LogP contribution is 2.25. The SMILES string of the molecule is CCOC(=O)c1nc(C(=O)N2C(C)CCCC2C)cs1. The number of hydrogen-bond acceptors (Lipinski definition) is 5. The quantitative estimate of drug-likeness (QED) is 0.805. The number of carbonyl (C=O) groups is 2. The fourth-order valence-corrected chi connectivity index (χ4v) is 3.30. The molecule has 110 valence electrons. The van der Waals surface area contributed by atoms with Crippen molar-refractivity contribution < 1.29 is 14.3 Å². The Bertz CT molecular complexity index is 490. The number of likely N-dealkylation sites (tertiary alicyclic amines) is 1. The third kappa shape index (κ3) is 3.00. The van der Waals surface area contributed by atoms with Crippen LogP contribution in [0.2, 0.25) is 0 Å². The number of ether oxygens (including phenoxy) is 1. The zero-order valence-electron chi connectivity index (χ0n) is 12.1. The number of aromatic nitrogens is 1. The number of esters is 1. The van der Waals surface area contributed by atoms with Crippen LogP contribution in [0.3, 0.4) is 0 Å². The van der Waals surface area contributed by atoms with E-state index in [1.807, 2.05) is 4.90 Å². The minimum atomic E-state index is -0.462. The van der Waals surface area contributed by atoms with Crippen LogP contribution in [-0.2, 0) is 4.74 Å². The highest BCUT2D eigenvalue weighted by Gasteiger charge is 2.31. The van der Waals surface area contributed by atoms with Crippen molar-refractivity contribution >= 4 is 23.2 Å². The molecule has 0 bridgehead atoms. The van der Waals surface area contributed by atoms with Gasteiger partial charge in [-0.1, -0.05) is 0 Å². The van der Waals surface area contributed by atoms with Crippen molar-refractivity contribution in [2.24, 2.45) is 0 Å². The third-order valence-corrected chi connectivity index (χ3v) is 4.42. The van der Waals surface area contributed by atoms with Crippen LogP contribution in [0.1, 0.15) is 60.3 Å². The van der Waals surface area contributed by atoms with E-state index in [2.05, 4.69) is 18.8 Å². The zero-order chi connectivity index (χ0) is 14.7. The minimum Gasteiger partial charge on any atom is -0.461 e. The summed E-state index contributed by atoms with van der Waals surface area (Å²) in [5.74, 6) is -0.548. The lowest BCUT2D eigenvalue weighted by Gasteiger charge is -2.38. The standard InChI is InChI=1S/C14H20N2O3S/c1-4-19-14(18)12-15-11(8-20-12)13(17)16-9(2)6-5-7-10(16)3/h8-10H,4-7H2,1-3H3. The maximum Gasteiger partial charge on any atom is 0.367 e. The molecule has 0 radical (unpaired) electrons. The summed E-state index contributed by atoms with van der Waals surface area (Å²) in [4.78, 5) is 30.1. The van der Waals surface area contributed by atoms with Crippen LogP contribution in [0.25, 0.3) is 0 Å². The topological polar surface area (TPSA) is 59.5 Å². The van der Waals surface area contributed by atoms with Crippen LogP contribution in [0.5, 0.6) is 0 Å². The molecule has 1 aliphatic rings. The Labute approximate surface area is 122 Å². The summed E-state index contributed by atoms with van der Waals surface area (Å²) in [7, 11) is 0. The summed E-state index contributed by atoms with van der Waals surface area (Å²) in [6, 6.07) is 0.443. The van der Waals surface area contributed by atoms with Crippen LogP contribution >= 0.6 is 11.3 Å². The molecule has 2 heterocycles. The predicted octanol–water partition coefficient (Wildman–Crippen LogP) is 2.72. The van der Waals surface area contributed by atoms with Gasteiger partial charge < -0.3 is 9.64 Å². The van der Waals surface area contributed by atoms with Crippen LogP contribution in [0.4, 0.5) is 0 Å². The molecule has 1 aromatic rings. The molecule has 0 aliphatic carbocycles. The molecule has 2 rings (SSSR count). The van der Waals surface area contributed by atoms with E-state index in [-0.39, 0.29) is 23.0 Å². The summed E-state index contributed by atoms with van der Waals surface area (Å²) in [5.41, 5.74) is 0.346. The third-order valence-electron chi connectivity index (χ3n) is 3.60. The first-order chi connectivity index (χ1) is 9.54. The molecule has 1 aliphatic heterocycles. The second kappa shape index (κ2) is 6.35. The molecule has 0 spiro atoms. The molecular weight excluding hydrogens is 276 g/mol. The van der Waals surface area contributed by atoms with Crippen molar-refractivity contribution in [3.05, 3.63) is 16.1 Å². The second-order valence-corrected chi connectivity index (χ2v) is 5.96. The van der Waals surface area contributed by atoms with Gasteiger partial charge in [-0.25, -0.2) is 9.78 Å².